The molecule has 1 amide bonds. The standard InChI is InChI=1S/C14H18Cl2N2O3S/c15-12-5-4-11(10-13(12)16)14(19)17-6-9-22(20,21)18-7-2-1-3-8-18/h4-5,10H,1-3,6-9H2,(H,17,19). The van der Waals surface area contributed by atoms with Crippen LogP contribution < -0.4 is 5.32 Å². The van der Waals surface area contributed by atoms with Crippen molar-refractivity contribution >= 4 is 39.1 Å². The number of carbonyl (C=O) groups excluding carboxylic acids is 1. The van der Waals surface area contributed by atoms with Crippen LogP contribution in [0.5, 0.6) is 0 Å². The van der Waals surface area contributed by atoms with Gasteiger partial charge >= 0.3 is 0 Å². The molecule has 2 rings (SSSR count). The molecule has 1 N–H and O–H groups in total. The van der Waals surface area contributed by atoms with Crippen molar-refractivity contribution in [1.29, 1.82) is 0 Å². The van der Waals surface area contributed by atoms with Crippen LogP contribution >= 0.6 is 23.2 Å². The van der Waals surface area contributed by atoms with Gasteiger partial charge in [0.15, 0.2) is 0 Å². The molecule has 5 nitrogen and oxygen atoms in total. The zero-order chi connectivity index (χ0) is 16.2. The number of amides is 1. The minimum atomic E-state index is -3.30. The van der Waals surface area contributed by atoms with E-state index in [-0.39, 0.29) is 23.2 Å². The molecule has 8 heteroatoms. The first-order valence-corrected chi connectivity index (χ1v) is 9.48. The number of benzene rings is 1. The lowest BCUT2D eigenvalue weighted by molar-refractivity contribution is 0.0956. The van der Waals surface area contributed by atoms with Gasteiger partial charge in [0.2, 0.25) is 10.0 Å². The molecular formula is C14H18Cl2N2O3S. The monoisotopic (exact) mass is 364 g/mol. The van der Waals surface area contributed by atoms with Gasteiger partial charge in [-0.2, -0.15) is 0 Å². The second-order valence-electron chi connectivity index (χ2n) is 5.16. The Kier molecular flexibility index (Phi) is 6.09. The zero-order valence-electron chi connectivity index (χ0n) is 12.0. The van der Waals surface area contributed by atoms with E-state index in [1.807, 2.05) is 0 Å². The molecule has 1 aliphatic heterocycles. The van der Waals surface area contributed by atoms with Gasteiger partial charge < -0.3 is 5.32 Å². The van der Waals surface area contributed by atoms with Crippen molar-refractivity contribution in [1.82, 2.24) is 9.62 Å². The van der Waals surface area contributed by atoms with Crippen LogP contribution in [0.2, 0.25) is 10.0 Å². The summed E-state index contributed by atoms with van der Waals surface area (Å²) >= 11 is 11.6. The van der Waals surface area contributed by atoms with Crippen LogP contribution in [-0.2, 0) is 10.0 Å². The average molecular weight is 365 g/mol. The Hall–Kier alpha value is -0.820. The number of hydrogen-bond donors (Lipinski definition) is 1. The highest BCUT2D eigenvalue weighted by molar-refractivity contribution is 7.89. The second-order valence-corrected chi connectivity index (χ2v) is 8.06. The average Bonchev–Trinajstić information content (AvgIpc) is 2.50. The molecule has 1 heterocycles. The summed E-state index contributed by atoms with van der Waals surface area (Å²) in [6.45, 7) is 1.21. The van der Waals surface area contributed by atoms with Crippen molar-refractivity contribution in [3.05, 3.63) is 33.8 Å². The molecule has 1 aromatic carbocycles. The highest BCUT2D eigenvalue weighted by Crippen LogP contribution is 2.22. The first kappa shape index (κ1) is 17.5. The summed E-state index contributed by atoms with van der Waals surface area (Å²) in [4.78, 5) is 11.9. The number of nitrogens with one attached hydrogen (secondary N) is 1. The topological polar surface area (TPSA) is 66.5 Å². The van der Waals surface area contributed by atoms with E-state index >= 15 is 0 Å². The van der Waals surface area contributed by atoms with E-state index in [1.54, 1.807) is 6.07 Å². The third-order valence-electron chi connectivity index (χ3n) is 3.54. The summed E-state index contributed by atoms with van der Waals surface area (Å²) in [5, 5.41) is 3.25. The number of rotatable bonds is 5. The predicted octanol–water partition coefficient (Wildman–Crippen LogP) is 2.54. The number of halogens is 2. The van der Waals surface area contributed by atoms with Gasteiger partial charge in [-0.3, -0.25) is 4.79 Å². The smallest absolute Gasteiger partial charge is 0.251 e. The lowest BCUT2D eigenvalue weighted by Gasteiger charge is -2.25. The first-order valence-electron chi connectivity index (χ1n) is 7.11. The highest BCUT2D eigenvalue weighted by atomic mass is 35.5. The molecule has 0 bridgehead atoms. The zero-order valence-corrected chi connectivity index (χ0v) is 14.3. The quantitative estimate of drug-likeness (QED) is 0.872. The molecule has 0 saturated carbocycles. The number of sulfonamides is 1. The molecule has 1 saturated heterocycles. The summed E-state index contributed by atoms with van der Waals surface area (Å²) in [6.07, 6.45) is 2.86. The van der Waals surface area contributed by atoms with E-state index in [1.165, 1.54) is 16.4 Å². The minimum absolute atomic E-state index is 0.0674. The van der Waals surface area contributed by atoms with Crippen LogP contribution in [0.3, 0.4) is 0 Å². The highest BCUT2D eigenvalue weighted by Gasteiger charge is 2.23. The van der Waals surface area contributed by atoms with E-state index in [0.717, 1.165) is 19.3 Å². The second kappa shape index (κ2) is 7.64. The van der Waals surface area contributed by atoms with E-state index in [0.29, 0.717) is 23.7 Å². The van der Waals surface area contributed by atoms with Gasteiger partial charge in [0.25, 0.3) is 5.91 Å². The van der Waals surface area contributed by atoms with E-state index < -0.39 is 10.0 Å². The van der Waals surface area contributed by atoms with Gasteiger partial charge in [-0.15, -0.1) is 0 Å². The number of piperidine rings is 1. The van der Waals surface area contributed by atoms with Gasteiger partial charge in [0, 0.05) is 25.2 Å². The molecule has 1 aromatic rings. The Bertz CT molecular complexity index is 643. The molecule has 0 aliphatic carbocycles. The summed E-state index contributed by atoms with van der Waals surface area (Å²) in [5.74, 6) is -0.465. The largest absolute Gasteiger partial charge is 0.351 e. The summed E-state index contributed by atoms with van der Waals surface area (Å²) in [5.41, 5.74) is 0.352. The van der Waals surface area contributed by atoms with Crippen molar-refractivity contribution in [2.24, 2.45) is 0 Å². The number of nitrogens with zero attached hydrogens (tertiary/aromatic N) is 1. The summed E-state index contributed by atoms with van der Waals surface area (Å²) in [7, 11) is -3.30. The summed E-state index contributed by atoms with van der Waals surface area (Å²) in [6, 6.07) is 4.53. The van der Waals surface area contributed by atoms with Gasteiger partial charge in [0.1, 0.15) is 0 Å². The van der Waals surface area contributed by atoms with Crippen molar-refractivity contribution < 1.29 is 13.2 Å². The van der Waals surface area contributed by atoms with E-state index in [9.17, 15) is 13.2 Å². The maximum atomic E-state index is 12.1. The molecule has 22 heavy (non-hydrogen) atoms. The van der Waals surface area contributed by atoms with Crippen LogP contribution in [-0.4, -0.2) is 44.0 Å². The van der Waals surface area contributed by atoms with Gasteiger partial charge in [-0.05, 0) is 31.0 Å². The lowest BCUT2D eigenvalue weighted by Crippen LogP contribution is -2.40. The van der Waals surface area contributed by atoms with Crippen LogP contribution in [0, 0.1) is 0 Å². The number of carbonyl (C=O) groups is 1. The van der Waals surface area contributed by atoms with Crippen molar-refractivity contribution in [3.63, 3.8) is 0 Å². The van der Waals surface area contributed by atoms with Gasteiger partial charge in [0.05, 0.1) is 15.8 Å². The third-order valence-corrected chi connectivity index (χ3v) is 6.15. The van der Waals surface area contributed by atoms with Crippen molar-refractivity contribution in [2.45, 2.75) is 19.3 Å². The molecule has 0 atom stereocenters. The molecule has 1 fully saturated rings. The Morgan fingerprint density at radius 3 is 2.45 bits per heavy atom. The lowest BCUT2D eigenvalue weighted by atomic mass is 10.2. The molecule has 0 spiro atoms. The predicted molar refractivity (Wildman–Crippen MR) is 88.0 cm³/mol. The molecule has 122 valence electrons. The normalized spacial score (nSPS) is 16.5. The van der Waals surface area contributed by atoms with Gasteiger partial charge in [-0.25, -0.2) is 12.7 Å². The first-order chi connectivity index (χ1) is 10.4. The Balaban J connectivity index is 1.87. The fourth-order valence-electron chi connectivity index (χ4n) is 2.31. The van der Waals surface area contributed by atoms with Crippen LogP contribution in [0.25, 0.3) is 0 Å². The fourth-order valence-corrected chi connectivity index (χ4v) is 4.04. The maximum Gasteiger partial charge on any atom is 0.251 e. The van der Waals surface area contributed by atoms with E-state index in [4.69, 9.17) is 23.2 Å². The number of hydrogen-bond acceptors (Lipinski definition) is 3. The molecule has 0 unspecified atom stereocenters. The van der Waals surface area contributed by atoms with Crippen LogP contribution in [0.4, 0.5) is 0 Å². The van der Waals surface area contributed by atoms with Gasteiger partial charge in [-0.1, -0.05) is 29.6 Å². The Morgan fingerprint density at radius 2 is 1.82 bits per heavy atom. The molecule has 0 radical (unpaired) electrons. The molecular weight excluding hydrogens is 347 g/mol. The Labute approximate surface area is 140 Å². The maximum absolute atomic E-state index is 12.1. The summed E-state index contributed by atoms with van der Waals surface area (Å²) < 4.78 is 25.8. The van der Waals surface area contributed by atoms with Crippen LogP contribution in [0.1, 0.15) is 29.6 Å². The SMILES string of the molecule is O=C(NCCS(=O)(=O)N1CCCCC1)c1ccc(Cl)c(Cl)c1. The van der Waals surface area contributed by atoms with Crippen molar-refractivity contribution in [3.8, 4) is 0 Å². The Morgan fingerprint density at radius 1 is 1.14 bits per heavy atom. The van der Waals surface area contributed by atoms with Crippen molar-refractivity contribution in [2.75, 3.05) is 25.4 Å². The third kappa shape index (κ3) is 4.59. The van der Waals surface area contributed by atoms with Crippen LogP contribution in [0.15, 0.2) is 18.2 Å². The molecule has 1 aliphatic rings. The molecule has 0 aromatic heterocycles. The minimum Gasteiger partial charge on any atom is -0.351 e. The van der Waals surface area contributed by atoms with E-state index in [2.05, 4.69) is 5.32 Å². The fraction of sp³-hybridized carbons (Fsp3) is 0.500.